The van der Waals surface area contributed by atoms with Gasteiger partial charge in [-0.25, -0.2) is 4.98 Å². The first-order valence-corrected chi connectivity index (χ1v) is 8.40. The van der Waals surface area contributed by atoms with Gasteiger partial charge in [0.1, 0.15) is 5.82 Å². The van der Waals surface area contributed by atoms with E-state index in [0.29, 0.717) is 0 Å². The first-order chi connectivity index (χ1) is 11.6. The number of nitrogen functional groups attached to an aromatic ring is 1. The normalized spacial score (nSPS) is 16.0. The highest BCUT2D eigenvalue weighted by Gasteiger charge is 2.15. The fourth-order valence-corrected chi connectivity index (χ4v) is 3.22. The molecule has 0 bridgehead atoms. The summed E-state index contributed by atoms with van der Waals surface area (Å²) in [7, 11) is 2.18. The monoisotopic (exact) mass is 321 g/mol. The molecule has 0 spiro atoms. The van der Waals surface area contributed by atoms with Crippen LogP contribution in [0.2, 0.25) is 0 Å². The highest BCUT2D eigenvalue weighted by Crippen LogP contribution is 2.26. The second-order valence-electron chi connectivity index (χ2n) is 6.65. The molecule has 0 unspecified atom stereocenters. The Morgan fingerprint density at radius 2 is 1.83 bits per heavy atom. The van der Waals surface area contributed by atoms with E-state index in [1.54, 1.807) is 0 Å². The van der Waals surface area contributed by atoms with Crippen molar-refractivity contribution in [2.75, 3.05) is 43.9 Å². The van der Waals surface area contributed by atoms with Gasteiger partial charge < -0.3 is 20.5 Å². The van der Waals surface area contributed by atoms with E-state index in [4.69, 9.17) is 10.7 Å². The molecule has 1 aliphatic rings. The lowest BCUT2D eigenvalue weighted by Gasteiger charge is -2.34. The molecular weight excluding hydrogens is 298 g/mol. The summed E-state index contributed by atoms with van der Waals surface area (Å²) in [5, 5.41) is 0. The zero-order chi connectivity index (χ0) is 16.7. The number of nitrogens with one attached hydrogen (secondary N) is 1. The molecule has 0 atom stereocenters. The minimum atomic E-state index is 0.812. The van der Waals surface area contributed by atoms with Crippen molar-refractivity contribution >= 4 is 22.4 Å². The molecule has 2 aromatic carbocycles. The summed E-state index contributed by atoms with van der Waals surface area (Å²) in [4.78, 5) is 13.0. The van der Waals surface area contributed by atoms with Gasteiger partial charge in [-0.05, 0) is 55.9 Å². The third-order valence-corrected chi connectivity index (χ3v) is 4.88. The van der Waals surface area contributed by atoms with E-state index < -0.39 is 0 Å². The fourth-order valence-electron chi connectivity index (χ4n) is 3.22. The molecule has 1 aliphatic heterocycles. The Balaban J connectivity index is 1.67. The van der Waals surface area contributed by atoms with Gasteiger partial charge in [-0.2, -0.15) is 0 Å². The predicted octanol–water partition coefficient (Wildman–Crippen LogP) is 2.87. The smallest absolute Gasteiger partial charge is 0.138 e. The summed E-state index contributed by atoms with van der Waals surface area (Å²) in [6.45, 7) is 6.38. The molecule has 5 nitrogen and oxygen atoms in total. The molecule has 5 heteroatoms. The molecule has 1 aromatic heterocycles. The number of H-pyrrole nitrogens is 1. The van der Waals surface area contributed by atoms with Crippen molar-refractivity contribution in [3.05, 3.63) is 42.0 Å². The Bertz CT molecular complexity index is 875. The minimum absolute atomic E-state index is 0.812. The van der Waals surface area contributed by atoms with Crippen LogP contribution >= 0.6 is 0 Å². The average Bonchev–Trinajstić information content (AvgIpc) is 3.01. The Labute approximate surface area is 142 Å². The molecule has 1 fully saturated rings. The van der Waals surface area contributed by atoms with Gasteiger partial charge in [-0.15, -0.1) is 0 Å². The molecule has 0 aliphatic carbocycles. The molecule has 1 saturated heterocycles. The lowest BCUT2D eigenvalue weighted by Crippen LogP contribution is -2.44. The van der Waals surface area contributed by atoms with Gasteiger partial charge in [-0.1, -0.05) is 0 Å². The highest BCUT2D eigenvalue weighted by atomic mass is 15.2. The number of rotatable bonds is 2. The number of imidazole rings is 1. The quantitative estimate of drug-likeness (QED) is 0.713. The second-order valence-corrected chi connectivity index (χ2v) is 6.65. The van der Waals surface area contributed by atoms with Crippen LogP contribution in [0, 0.1) is 6.92 Å². The van der Waals surface area contributed by atoms with Crippen molar-refractivity contribution in [2.24, 2.45) is 0 Å². The number of piperazine rings is 1. The van der Waals surface area contributed by atoms with Crippen LogP contribution in [0.4, 0.5) is 11.4 Å². The number of aromatic amines is 1. The number of nitrogens with zero attached hydrogens (tertiary/aromatic N) is 3. The maximum Gasteiger partial charge on any atom is 0.138 e. The van der Waals surface area contributed by atoms with E-state index in [0.717, 1.165) is 59.9 Å². The van der Waals surface area contributed by atoms with Crippen molar-refractivity contribution < 1.29 is 0 Å². The summed E-state index contributed by atoms with van der Waals surface area (Å²) in [5.74, 6) is 0.892. The Kier molecular flexibility index (Phi) is 3.65. The Morgan fingerprint density at radius 3 is 2.58 bits per heavy atom. The third kappa shape index (κ3) is 2.71. The van der Waals surface area contributed by atoms with Crippen molar-refractivity contribution in [3.63, 3.8) is 0 Å². The van der Waals surface area contributed by atoms with Crippen LogP contribution in [-0.2, 0) is 0 Å². The molecule has 24 heavy (non-hydrogen) atoms. The van der Waals surface area contributed by atoms with Gasteiger partial charge in [0.25, 0.3) is 0 Å². The Morgan fingerprint density at radius 1 is 1.04 bits per heavy atom. The number of benzene rings is 2. The molecular formula is C19H23N5. The lowest BCUT2D eigenvalue weighted by molar-refractivity contribution is 0.313. The molecule has 3 aromatic rings. The summed E-state index contributed by atoms with van der Waals surface area (Å²) < 4.78 is 0. The second kappa shape index (κ2) is 5.83. The fraction of sp³-hybridized carbons (Fsp3) is 0.316. The number of nitrogens with two attached hydrogens (primary N) is 1. The minimum Gasteiger partial charge on any atom is -0.399 e. The lowest BCUT2D eigenvalue weighted by atomic mass is 10.1. The van der Waals surface area contributed by atoms with Crippen molar-refractivity contribution in [2.45, 2.75) is 6.92 Å². The van der Waals surface area contributed by atoms with Crippen LogP contribution in [-0.4, -0.2) is 48.1 Å². The van der Waals surface area contributed by atoms with Crippen molar-refractivity contribution in [1.82, 2.24) is 14.9 Å². The molecule has 3 N–H and O–H groups in total. The van der Waals surface area contributed by atoms with Crippen LogP contribution in [0.25, 0.3) is 22.4 Å². The topological polar surface area (TPSA) is 61.2 Å². The summed E-state index contributed by atoms with van der Waals surface area (Å²) in [6, 6.07) is 12.5. The largest absolute Gasteiger partial charge is 0.399 e. The molecule has 4 rings (SSSR count). The number of aryl methyl sites for hydroxylation is 1. The molecule has 0 radical (unpaired) electrons. The van der Waals surface area contributed by atoms with Gasteiger partial charge in [0.15, 0.2) is 0 Å². The molecule has 2 heterocycles. The third-order valence-electron chi connectivity index (χ3n) is 4.88. The van der Waals surface area contributed by atoms with Crippen LogP contribution in [0.15, 0.2) is 36.4 Å². The van der Waals surface area contributed by atoms with Crippen molar-refractivity contribution in [1.29, 1.82) is 0 Å². The molecule has 0 saturated carbocycles. The summed E-state index contributed by atoms with van der Waals surface area (Å²) >= 11 is 0. The van der Waals surface area contributed by atoms with Crippen LogP contribution < -0.4 is 10.6 Å². The van der Waals surface area contributed by atoms with Gasteiger partial charge >= 0.3 is 0 Å². The van der Waals surface area contributed by atoms with Crippen LogP contribution in [0.5, 0.6) is 0 Å². The van der Waals surface area contributed by atoms with E-state index in [-0.39, 0.29) is 0 Å². The van der Waals surface area contributed by atoms with E-state index >= 15 is 0 Å². The van der Waals surface area contributed by atoms with E-state index in [1.165, 1.54) is 5.69 Å². The maximum atomic E-state index is 5.91. The van der Waals surface area contributed by atoms with Crippen molar-refractivity contribution in [3.8, 4) is 11.4 Å². The van der Waals surface area contributed by atoms with Gasteiger partial charge in [0, 0.05) is 43.1 Å². The highest BCUT2D eigenvalue weighted by molar-refractivity contribution is 5.83. The number of anilines is 2. The predicted molar refractivity (Wildman–Crippen MR) is 100 cm³/mol. The number of likely N-dealkylation sites (N-methyl/N-ethyl adjacent to an activating group) is 1. The van der Waals surface area contributed by atoms with E-state index in [9.17, 15) is 0 Å². The van der Waals surface area contributed by atoms with Gasteiger partial charge in [-0.3, -0.25) is 0 Å². The SMILES string of the molecule is Cc1cc(-c2nc3ccc(N4CCN(C)CC4)cc3[nH]2)ccc1N. The first-order valence-electron chi connectivity index (χ1n) is 8.40. The zero-order valence-electron chi connectivity index (χ0n) is 14.2. The summed E-state index contributed by atoms with van der Waals surface area (Å²) in [6.07, 6.45) is 0. The number of aromatic nitrogens is 2. The molecule has 124 valence electrons. The average molecular weight is 321 g/mol. The Hall–Kier alpha value is -2.53. The number of hydrogen-bond acceptors (Lipinski definition) is 4. The van der Waals surface area contributed by atoms with E-state index in [2.05, 4.69) is 46.1 Å². The van der Waals surface area contributed by atoms with Gasteiger partial charge in [0.2, 0.25) is 0 Å². The molecule has 0 amide bonds. The van der Waals surface area contributed by atoms with Crippen LogP contribution in [0.1, 0.15) is 5.56 Å². The number of fused-ring (bicyclic) bond motifs is 1. The standard InChI is InChI=1S/C19H23N5/c1-13-11-14(3-5-16(13)20)19-21-17-6-4-15(12-18(17)22-19)24-9-7-23(2)8-10-24/h3-6,11-12H,7-10,20H2,1-2H3,(H,21,22). The van der Waals surface area contributed by atoms with Crippen LogP contribution in [0.3, 0.4) is 0 Å². The number of hydrogen-bond donors (Lipinski definition) is 2. The first kappa shape index (κ1) is 15.0. The van der Waals surface area contributed by atoms with Gasteiger partial charge in [0.05, 0.1) is 11.0 Å². The van der Waals surface area contributed by atoms with E-state index in [1.807, 2.05) is 19.1 Å². The zero-order valence-corrected chi connectivity index (χ0v) is 14.2. The maximum absolute atomic E-state index is 5.91. The summed E-state index contributed by atoms with van der Waals surface area (Å²) in [5.41, 5.74) is 12.2.